The number of methoxy groups -OCH3 is 1. The standard InChI is InChI=1S/C23H21N3O4/c1-14-10-15(2)22-18(11-14)19(27)12-20(30-22)23(28)25-21-8-9-24-26(21)13-16-4-6-17(29-3)7-5-16/h4-12H,13H2,1-3H3,(H,25,28). The van der Waals surface area contributed by atoms with Crippen LogP contribution in [0.1, 0.15) is 27.2 Å². The quantitative estimate of drug-likeness (QED) is 0.546. The Labute approximate surface area is 172 Å². The van der Waals surface area contributed by atoms with Gasteiger partial charge < -0.3 is 14.5 Å². The van der Waals surface area contributed by atoms with E-state index < -0.39 is 5.91 Å². The fourth-order valence-electron chi connectivity index (χ4n) is 3.37. The number of fused-ring (bicyclic) bond motifs is 1. The highest BCUT2D eigenvalue weighted by Gasteiger charge is 2.16. The monoisotopic (exact) mass is 403 g/mol. The molecule has 0 spiro atoms. The average Bonchev–Trinajstić information content (AvgIpc) is 3.15. The second-order valence-electron chi connectivity index (χ2n) is 7.11. The van der Waals surface area contributed by atoms with Gasteiger partial charge in [-0.2, -0.15) is 5.10 Å². The van der Waals surface area contributed by atoms with Crippen LogP contribution in [-0.4, -0.2) is 22.8 Å². The number of amides is 1. The summed E-state index contributed by atoms with van der Waals surface area (Å²) in [4.78, 5) is 25.3. The normalized spacial score (nSPS) is 10.9. The second-order valence-corrected chi connectivity index (χ2v) is 7.11. The van der Waals surface area contributed by atoms with Gasteiger partial charge in [-0.05, 0) is 48.7 Å². The van der Waals surface area contributed by atoms with E-state index in [-0.39, 0.29) is 11.2 Å². The summed E-state index contributed by atoms with van der Waals surface area (Å²) >= 11 is 0. The molecule has 0 saturated heterocycles. The molecule has 0 fully saturated rings. The molecule has 2 heterocycles. The number of aromatic nitrogens is 2. The van der Waals surface area contributed by atoms with Crippen molar-refractivity contribution in [2.24, 2.45) is 0 Å². The van der Waals surface area contributed by atoms with Crippen molar-refractivity contribution in [3.8, 4) is 5.75 Å². The van der Waals surface area contributed by atoms with Crippen molar-refractivity contribution in [1.29, 1.82) is 0 Å². The SMILES string of the molecule is COc1ccc(Cn2nccc2NC(=O)c2cc(=O)c3cc(C)cc(C)c3o2)cc1. The first-order chi connectivity index (χ1) is 14.4. The van der Waals surface area contributed by atoms with Gasteiger partial charge in [0.25, 0.3) is 5.91 Å². The van der Waals surface area contributed by atoms with Gasteiger partial charge in [0.15, 0.2) is 11.2 Å². The predicted molar refractivity (Wildman–Crippen MR) is 114 cm³/mol. The van der Waals surface area contributed by atoms with Gasteiger partial charge in [-0.1, -0.05) is 18.2 Å². The maximum Gasteiger partial charge on any atom is 0.292 e. The highest BCUT2D eigenvalue weighted by atomic mass is 16.5. The van der Waals surface area contributed by atoms with Crippen LogP contribution in [-0.2, 0) is 6.54 Å². The smallest absolute Gasteiger partial charge is 0.292 e. The van der Waals surface area contributed by atoms with Gasteiger partial charge in [0.05, 0.1) is 25.2 Å². The van der Waals surface area contributed by atoms with E-state index in [9.17, 15) is 9.59 Å². The van der Waals surface area contributed by atoms with E-state index in [0.717, 1.165) is 22.4 Å². The molecule has 0 aliphatic carbocycles. The summed E-state index contributed by atoms with van der Waals surface area (Å²) < 4.78 is 12.6. The third-order valence-electron chi connectivity index (χ3n) is 4.83. The summed E-state index contributed by atoms with van der Waals surface area (Å²) in [5.41, 5.74) is 2.94. The summed E-state index contributed by atoms with van der Waals surface area (Å²) in [5.74, 6) is 0.714. The molecule has 2 aromatic carbocycles. The minimum atomic E-state index is -0.509. The lowest BCUT2D eigenvalue weighted by molar-refractivity contribution is 0.0996. The molecule has 4 rings (SSSR count). The molecule has 7 heteroatoms. The third-order valence-corrected chi connectivity index (χ3v) is 4.83. The lowest BCUT2D eigenvalue weighted by atomic mass is 10.1. The van der Waals surface area contributed by atoms with Crippen LogP contribution in [0.15, 0.2) is 63.9 Å². The van der Waals surface area contributed by atoms with Crippen molar-refractivity contribution in [3.63, 3.8) is 0 Å². The van der Waals surface area contributed by atoms with Gasteiger partial charge >= 0.3 is 0 Å². The molecule has 30 heavy (non-hydrogen) atoms. The van der Waals surface area contributed by atoms with Crippen LogP contribution >= 0.6 is 0 Å². The molecule has 0 saturated carbocycles. The van der Waals surface area contributed by atoms with Crippen LogP contribution < -0.4 is 15.5 Å². The van der Waals surface area contributed by atoms with Crippen molar-refractivity contribution in [3.05, 3.63) is 87.4 Å². The highest BCUT2D eigenvalue weighted by Crippen LogP contribution is 2.20. The number of ether oxygens (including phenoxy) is 1. The Morgan fingerprint density at radius 2 is 1.90 bits per heavy atom. The van der Waals surface area contributed by atoms with Crippen LogP contribution in [0.25, 0.3) is 11.0 Å². The molecular weight excluding hydrogens is 382 g/mol. The number of hydrogen-bond acceptors (Lipinski definition) is 5. The molecule has 0 aliphatic heterocycles. The van der Waals surface area contributed by atoms with Crippen LogP contribution in [0.2, 0.25) is 0 Å². The maximum absolute atomic E-state index is 12.8. The van der Waals surface area contributed by atoms with E-state index >= 15 is 0 Å². The molecule has 0 unspecified atom stereocenters. The Bertz CT molecular complexity index is 1290. The lowest BCUT2D eigenvalue weighted by Gasteiger charge is -2.10. The maximum atomic E-state index is 12.8. The first kappa shape index (κ1) is 19.4. The first-order valence-corrected chi connectivity index (χ1v) is 9.46. The van der Waals surface area contributed by atoms with Crippen LogP contribution in [0, 0.1) is 13.8 Å². The van der Waals surface area contributed by atoms with Gasteiger partial charge in [-0.15, -0.1) is 0 Å². The minimum Gasteiger partial charge on any atom is -0.497 e. The third kappa shape index (κ3) is 3.82. The lowest BCUT2D eigenvalue weighted by Crippen LogP contribution is -2.18. The Morgan fingerprint density at radius 1 is 1.13 bits per heavy atom. The van der Waals surface area contributed by atoms with Gasteiger partial charge in [0, 0.05) is 12.1 Å². The zero-order valence-electron chi connectivity index (χ0n) is 16.9. The predicted octanol–water partition coefficient (Wildman–Crippen LogP) is 3.92. The molecule has 1 amide bonds. The first-order valence-electron chi connectivity index (χ1n) is 9.46. The van der Waals surface area contributed by atoms with Gasteiger partial charge in [0.2, 0.25) is 0 Å². The molecule has 2 aromatic heterocycles. The molecule has 0 bridgehead atoms. The second kappa shape index (κ2) is 7.87. The molecule has 0 atom stereocenters. The molecule has 0 aliphatic rings. The number of rotatable bonds is 5. The zero-order chi connectivity index (χ0) is 21.3. The number of anilines is 1. The summed E-state index contributed by atoms with van der Waals surface area (Å²) in [6.07, 6.45) is 1.60. The van der Waals surface area contributed by atoms with Crippen LogP contribution in [0.4, 0.5) is 5.82 Å². The van der Waals surface area contributed by atoms with E-state index in [1.165, 1.54) is 6.07 Å². The van der Waals surface area contributed by atoms with E-state index in [4.69, 9.17) is 9.15 Å². The van der Waals surface area contributed by atoms with Crippen LogP contribution in [0.5, 0.6) is 5.75 Å². The molecule has 4 aromatic rings. The van der Waals surface area contributed by atoms with Gasteiger partial charge in [-0.25, -0.2) is 4.68 Å². The largest absolute Gasteiger partial charge is 0.497 e. The van der Waals surface area contributed by atoms with Gasteiger partial charge in [0.1, 0.15) is 17.2 Å². The Morgan fingerprint density at radius 3 is 2.63 bits per heavy atom. The highest BCUT2D eigenvalue weighted by molar-refractivity contribution is 6.02. The number of nitrogens with zero attached hydrogens (tertiary/aromatic N) is 2. The van der Waals surface area contributed by atoms with Crippen molar-refractivity contribution in [1.82, 2.24) is 9.78 Å². The molecule has 0 radical (unpaired) electrons. The fraction of sp³-hybridized carbons (Fsp3) is 0.174. The number of aryl methyl sites for hydroxylation is 2. The zero-order valence-corrected chi connectivity index (χ0v) is 16.9. The summed E-state index contributed by atoms with van der Waals surface area (Å²) in [7, 11) is 1.62. The Hall–Kier alpha value is -3.87. The minimum absolute atomic E-state index is 0.0448. The number of carbonyl (C=O) groups is 1. The van der Waals surface area contributed by atoms with E-state index in [2.05, 4.69) is 10.4 Å². The number of benzene rings is 2. The van der Waals surface area contributed by atoms with Crippen molar-refractivity contribution in [2.45, 2.75) is 20.4 Å². The molecule has 1 N–H and O–H groups in total. The van der Waals surface area contributed by atoms with Gasteiger partial charge in [-0.3, -0.25) is 9.59 Å². The average molecular weight is 403 g/mol. The summed E-state index contributed by atoms with van der Waals surface area (Å²) in [6, 6.07) is 14.2. The number of carbonyl (C=O) groups excluding carboxylic acids is 1. The molecular formula is C23H21N3O4. The fourth-order valence-corrected chi connectivity index (χ4v) is 3.37. The van der Waals surface area contributed by atoms with Crippen molar-refractivity contribution in [2.75, 3.05) is 12.4 Å². The van der Waals surface area contributed by atoms with E-state index in [1.54, 1.807) is 30.1 Å². The summed E-state index contributed by atoms with van der Waals surface area (Å²) in [6.45, 7) is 4.23. The molecule has 7 nitrogen and oxygen atoms in total. The number of hydrogen-bond donors (Lipinski definition) is 1. The van der Waals surface area contributed by atoms with E-state index in [1.807, 2.05) is 44.2 Å². The summed E-state index contributed by atoms with van der Waals surface area (Å²) in [5, 5.41) is 7.51. The van der Waals surface area contributed by atoms with Crippen molar-refractivity contribution < 1.29 is 13.9 Å². The molecule has 152 valence electrons. The Balaban J connectivity index is 1.59. The Kier molecular flexibility index (Phi) is 5.10. The van der Waals surface area contributed by atoms with Crippen LogP contribution in [0.3, 0.4) is 0 Å². The van der Waals surface area contributed by atoms with Crippen molar-refractivity contribution >= 4 is 22.7 Å². The number of nitrogens with one attached hydrogen (secondary N) is 1. The van der Waals surface area contributed by atoms with E-state index in [0.29, 0.717) is 23.3 Å². The topological polar surface area (TPSA) is 86.4 Å².